The van der Waals surface area contributed by atoms with Crippen molar-refractivity contribution in [3.8, 4) is 5.75 Å². The third-order valence-corrected chi connectivity index (χ3v) is 5.25. The maximum atomic E-state index is 12.8. The first-order chi connectivity index (χ1) is 12.7. The van der Waals surface area contributed by atoms with Gasteiger partial charge < -0.3 is 10.1 Å². The summed E-state index contributed by atoms with van der Waals surface area (Å²) in [7, 11) is -3.87. The number of ether oxygens (including phenoxy) is 1. The number of sulfonamides is 1. The Morgan fingerprint density at radius 1 is 1.07 bits per heavy atom. The van der Waals surface area contributed by atoms with Crippen LogP contribution in [0.15, 0.2) is 53.4 Å². The lowest BCUT2D eigenvalue weighted by molar-refractivity contribution is 0.0939. The van der Waals surface area contributed by atoms with Crippen molar-refractivity contribution in [3.63, 3.8) is 0 Å². The van der Waals surface area contributed by atoms with Gasteiger partial charge in [0.1, 0.15) is 5.75 Å². The molecule has 1 amide bonds. The Labute approximate surface area is 161 Å². The van der Waals surface area contributed by atoms with E-state index in [1.165, 1.54) is 12.1 Å². The summed E-state index contributed by atoms with van der Waals surface area (Å²) in [4.78, 5) is 12.3. The van der Waals surface area contributed by atoms with Crippen LogP contribution in [0.5, 0.6) is 5.75 Å². The number of carbonyl (C=O) groups excluding carboxylic acids is 1. The van der Waals surface area contributed by atoms with Crippen molar-refractivity contribution in [1.29, 1.82) is 0 Å². The van der Waals surface area contributed by atoms with E-state index in [1.54, 1.807) is 36.4 Å². The Bertz CT molecular complexity index is 894. The van der Waals surface area contributed by atoms with Gasteiger partial charge in [-0.05, 0) is 57.5 Å². The lowest BCUT2D eigenvalue weighted by atomic mass is 10.2. The maximum Gasteiger partial charge on any atom is 0.262 e. The van der Waals surface area contributed by atoms with Crippen molar-refractivity contribution in [1.82, 2.24) is 5.32 Å². The SMILES string of the molecule is CCC(C)NC(=O)c1cccc(S(=O)(=O)Nc2ccccc2OC(C)C)c1. The molecule has 0 spiro atoms. The van der Waals surface area contributed by atoms with Gasteiger partial charge in [0.2, 0.25) is 0 Å². The van der Waals surface area contributed by atoms with Crippen LogP contribution in [0.1, 0.15) is 44.5 Å². The number of para-hydroxylation sites is 2. The highest BCUT2D eigenvalue weighted by Gasteiger charge is 2.19. The minimum Gasteiger partial charge on any atom is -0.489 e. The molecule has 2 aromatic rings. The largest absolute Gasteiger partial charge is 0.489 e. The number of amides is 1. The average Bonchev–Trinajstić information content (AvgIpc) is 2.62. The van der Waals surface area contributed by atoms with Crippen LogP contribution in [0.4, 0.5) is 5.69 Å². The van der Waals surface area contributed by atoms with Crippen molar-refractivity contribution in [2.75, 3.05) is 4.72 Å². The first-order valence-corrected chi connectivity index (χ1v) is 10.4. The van der Waals surface area contributed by atoms with E-state index >= 15 is 0 Å². The van der Waals surface area contributed by atoms with E-state index in [0.29, 0.717) is 17.0 Å². The number of anilines is 1. The monoisotopic (exact) mass is 390 g/mol. The second-order valence-electron chi connectivity index (χ2n) is 6.58. The molecule has 0 heterocycles. The number of hydrogen-bond donors (Lipinski definition) is 2. The molecule has 27 heavy (non-hydrogen) atoms. The molecule has 0 saturated heterocycles. The fourth-order valence-electron chi connectivity index (χ4n) is 2.33. The summed E-state index contributed by atoms with van der Waals surface area (Å²) < 4.78 is 33.8. The quantitative estimate of drug-likeness (QED) is 0.718. The van der Waals surface area contributed by atoms with Gasteiger partial charge >= 0.3 is 0 Å². The number of rotatable bonds is 8. The molecule has 2 rings (SSSR count). The molecule has 7 heteroatoms. The zero-order valence-corrected chi connectivity index (χ0v) is 16.8. The summed E-state index contributed by atoms with van der Waals surface area (Å²) in [5, 5.41) is 2.83. The molecule has 2 N–H and O–H groups in total. The van der Waals surface area contributed by atoms with Gasteiger partial charge in [-0.2, -0.15) is 0 Å². The zero-order chi connectivity index (χ0) is 20.0. The molecule has 0 fully saturated rings. The molecular weight excluding hydrogens is 364 g/mol. The molecular formula is C20H26N2O4S. The van der Waals surface area contributed by atoms with Gasteiger partial charge in [0.15, 0.2) is 0 Å². The Hall–Kier alpha value is -2.54. The Kier molecular flexibility index (Phi) is 6.85. The summed E-state index contributed by atoms with van der Waals surface area (Å²) in [6.07, 6.45) is 0.695. The standard InChI is InChI=1S/C20H26N2O4S/c1-5-15(4)21-20(23)16-9-8-10-17(13-16)27(24,25)22-18-11-6-7-12-19(18)26-14(2)3/h6-15,22H,5H2,1-4H3,(H,21,23). The van der Waals surface area contributed by atoms with Crippen LogP contribution in [0.3, 0.4) is 0 Å². The molecule has 0 aliphatic rings. The van der Waals surface area contributed by atoms with Gasteiger partial charge in [0.25, 0.3) is 15.9 Å². The minimum absolute atomic E-state index is 0.0101. The molecule has 2 aromatic carbocycles. The summed E-state index contributed by atoms with van der Waals surface area (Å²) >= 11 is 0. The fourth-order valence-corrected chi connectivity index (χ4v) is 3.44. The van der Waals surface area contributed by atoms with Crippen molar-refractivity contribution in [3.05, 3.63) is 54.1 Å². The summed E-state index contributed by atoms with van der Waals surface area (Å²) in [5.74, 6) is 0.145. The molecule has 6 nitrogen and oxygen atoms in total. The molecule has 146 valence electrons. The zero-order valence-electron chi connectivity index (χ0n) is 16.0. The van der Waals surface area contributed by atoms with Crippen LogP contribution in [-0.4, -0.2) is 26.5 Å². The van der Waals surface area contributed by atoms with Crippen molar-refractivity contribution < 1.29 is 17.9 Å². The van der Waals surface area contributed by atoms with Gasteiger partial charge in [-0.3, -0.25) is 9.52 Å². The summed E-state index contributed by atoms with van der Waals surface area (Å²) in [6, 6.07) is 12.8. The normalized spacial score (nSPS) is 12.5. The predicted molar refractivity (Wildman–Crippen MR) is 107 cm³/mol. The molecule has 1 unspecified atom stereocenters. The molecule has 1 atom stereocenters. The molecule has 0 aromatic heterocycles. The first-order valence-electron chi connectivity index (χ1n) is 8.92. The highest BCUT2D eigenvalue weighted by Crippen LogP contribution is 2.27. The predicted octanol–water partition coefficient (Wildman–Crippen LogP) is 3.80. The summed E-state index contributed by atoms with van der Waals surface area (Å²) in [5.41, 5.74) is 0.644. The minimum atomic E-state index is -3.87. The molecule has 0 aliphatic carbocycles. The van der Waals surface area contributed by atoms with Gasteiger partial charge in [0, 0.05) is 11.6 Å². The highest BCUT2D eigenvalue weighted by atomic mass is 32.2. The Balaban J connectivity index is 2.28. The van der Waals surface area contributed by atoms with Crippen LogP contribution in [0.25, 0.3) is 0 Å². The van der Waals surface area contributed by atoms with Crippen molar-refractivity contribution in [2.24, 2.45) is 0 Å². The molecule has 0 saturated carbocycles. The van der Waals surface area contributed by atoms with Crippen LogP contribution >= 0.6 is 0 Å². The maximum absolute atomic E-state index is 12.8. The molecule has 0 bridgehead atoms. The third-order valence-electron chi connectivity index (χ3n) is 3.89. The van der Waals surface area contributed by atoms with Crippen LogP contribution < -0.4 is 14.8 Å². The van der Waals surface area contributed by atoms with E-state index in [0.717, 1.165) is 6.42 Å². The van der Waals surface area contributed by atoms with E-state index in [2.05, 4.69) is 10.0 Å². The van der Waals surface area contributed by atoms with Crippen LogP contribution in [0, 0.1) is 0 Å². The van der Waals surface area contributed by atoms with Crippen molar-refractivity contribution in [2.45, 2.75) is 51.2 Å². The van der Waals surface area contributed by atoms with Gasteiger partial charge in [0.05, 0.1) is 16.7 Å². The van der Waals surface area contributed by atoms with Crippen molar-refractivity contribution >= 4 is 21.6 Å². The van der Waals surface area contributed by atoms with Gasteiger partial charge in [-0.1, -0.05) is 25.1 Å². The first kappa shape index (κ1) is 20.8. The third kappa shape index (κ3) is 5.72. The number of nitrogens with one attached hydrogen (secondary N) is 2. The topological polar surface area (TPSA) is 84.5 Å². The van der Waals surface area contributed by atoms with E-state index in [9.17, 15) is 13.2 Å². The van der Waals surface area contributed by atoms with E-state index < -0.39 is 10.0 Å². The summed E-state index contributed by atoms with van der Waals surface area (Å²) in [6.45, 7) is 7.59. The average molecular weight is 391 g/mol. The molecule has 0 radical (unpaired) electrons. The molecule has 0 aliphatic heterocycles. The Morgan fingerprint density at radius 2 is 1.78 bits per heavy atom. The van der Waals surface area contributed by atoms with Gasteiger partial charge in [-0.15, -0.1) is 0 Å². The van der Waals surface area contributed by atoms with Crippen LogP contribution in [0.2, 0.25) is 0 Å². The van der Waals surface area contributed by atoms with E-state index in [-0.39, 0.29) is 22.9 Å². The number of hydrogen-bond acceptors (Lipinski definition) is 4. The number of carbonyl (C=O) groups is 1. The second kappa shape index (κ2) is 8.90. The van der Waals surface area contributed by atoms with E-state index in [4.69, 9.17) is 4.74 Å². The number of benzene rings is 2. The van der Waals surface area contributed by atoms with Crippen LogP contribution in [-0.2, 0) is 10.0 Å². The highest BCUT2D eigenvalue weighted by molar-refractivity contribution is 7.92. The smallest absolute Gasteiger partial charge is 0.262 e. The lowest BCUT2D eigenvalue weighted by Gasteiger charge is -2.16. The van der Waals surface area contributed by atoms with Gasteiger partial charge in [-0.25, -0.2) is 8.42 Å². The Morgan fingerprint density at radius 3 is 2.44 bits per heavy atom. The fraction of sp³-hybridized carbons (Fsp3) is 0.350. The second-order valence-corrected chi connectivity index (χ2v) is 8.26. The lowest BCUT2D eigenvalue weighted by Crippen LogP contribution is -2.32. The van der Waals surface area contributed by atoms with E-state index in [1.807, 2.05) is 27.7 Å².